The smallest absolute Gasteiger partial charge is 0.227 e. The number of carbonyl (C=O) groups excluding carboxylic acids is 1. The van der Waals surface area contributed by atoms with Crippen LogP contribution in [0.25, 0.3) is 11.0 Å². The lowest BCUT2D eigenvalue weighted by Gasteiger charge is -2.08. The topological polar surface area (TPSA) is 96.7 Å². The number of rotatable bonds is 7. The van der Waals surface area contributed by atoms with E-state index in [2.05, 4.69) is 25.4 Å². The van der Waals surface area contributed by atoms with E-state index in [1.165, 1.54) is 11.8 Å². The molecule has 0 atom stereocenters. The average molecular weight is 428 g/mol. The van der Waals surface area contributed by atoms with Crippen LogP contribution in [-0.4, -0.2) is 26.0 Å². The number of nitrogens with one attached hydrogen (secondary N) is 2. The van der Waals surface area contributed by atoms with Gasteiger partial charge in [-0.1, -0.05) is 46.7 Å². The molecule has 0 spiro atoms. The number of amides is 1. The Kier molecular flexibility index (Phi) is 5.82. The van der Waals surface area contributed by atoms with Crippen molar-refractivity contribution in [1.29, 1.82) is 0 Å². The number of aryl methyl sites for hydroxylation is 2. The van der Waals surface area contributed by atoms with E-state index in [-0.39, 0.29) is 12.3 Å². The Labute approximate surface area is 176 Å². The second-order valence-electron chi connectivity index (χ2n) is 6.46. The lowest BCUT2D eigenvalue weighted by Crippen LogP contribution is -2.13. The second-order valence-corrected chi connectivity index (χ2v) is 7.86. The van der Waals surface area contributed by atoms with E-state index < -0.39 is 0 Å². The molecule has 0 unspecified atom stereocenters. The molecule has 0 fully saturated rings. The van der Waals surface area contributed by atoms with Crippen LogP contribution in [0.4, 0.5) is 5.69 Å². The van der Waals surface area contributed by atoms with Crippen LogP contribution in [0.3, 0.4) is 0 Å². The summed E-state index contributed by atoms with van der Waals surface area (Å²) in [5.41, 5.74) is 3.57. The number of imidazole rings is 1. The number of fused-ring (bicyclic) bond motifs is 1. The first-order valence-corrected chi connectivity index (χ1v) is 10.4. The van der Waals surface area contributed by atoms with Gasteiger partial charge in [-0.05, 0) is 36.8 Å². The van der Waals surface area contributed by atoms with Crippen molar-refractivity contribution in [3.8, 4) is 0 Å². The molecule has 0 aliphatic heterocycles. The summed E-state index contributed by atoms with van der Waals surface area (Å²) in [5, 5.41) is 8.21. The summed E-state index contributed by atoms with van der Waals surface area (Å²) in [6.07, 6.45) is 0.609. The molecule has 1 amide bonds. The van der Waals surface area contributed by atoms with Gasteiger partial charge >= 0.3 is 0 Å². The van der Waals surface area contributed by atoms with Crippen LogP contribution < -0.4 is 5.32 Å². The predicted octanol–water partition coefficient (Wildman–Crippen LogP) is 4.77. The van der Waals surface area contributed by atoms with Gasteiger partial charge in [-0.15, -0.1) is 0 Å². The van der Waals surface area contributed by atoms with Crippen molar-refractivity contribution < 1.29 is 9.32 Å². The maximum absolute atomic E-state index is 12.2. The Balaban J connectivity index is 1.28. The molecule has 148 valence electrons. The highest BCUT2D eigenvalue weighted by atomic mass is 35.5. The number of aromatic nitrogens is 4. The van der Waals surface area contributed by atoms with Gasteiger partial charge in [0.1, 0.15) is 0 Å². The molecule has 0 saturated heterocycles. The molecule has 2 heterocycles. The third-order valence-corrected chi connectivity index (χ3v) is 5.36. The van der Waals surface area contributed by atoms with Crippen molar-refractivity contribution in [3.63, 3.8) is 0 Å². The van der Waals surface area contributed by atoms with Crippen molar-refractivity contribution >= 4 is 46.0 Å². The largest absolute Gasteiger partial charge is 0.339 e. The fraction of sp³-hybridized carbons (Fsp3) is 0.200. The number of benzene rings is 2. The zero-order valence-corrected chi connectivity index (χ0v) is 17.2. The van der Waals surface area contributed by atoms with Crippen molar-refractivity contribution in [2.24, 2.45) is 0 Å². The second kappa shape index (κ2) is 8.67. The van der Waals surface area contributed by atoms with Crippen LogP contribution in [0.2, 0.25) is 5.02 Å². The summed E-state index contributed by atoms with van der Waals surface area (Å²) in [4.78, 5) is 24.3. The molecule has 2 N–H and O–H groups in total. The lowest BCUT2D eigenvalue weighted by molar-refractivity contribution is -0.116. The number of para-hydroxylation sites is 2. The molecule has 0 radical (unpaired) electrons. The molecule has 0 aliphatic carbocycles. The van der Waals surface area contributed by atoms with E-state index >= 15 is 0 Å². The van der Waals surface area contributed by atoms with Crippen LogP contribution in [0.1, 0.15) is 23.7 Å². The molecule has 0 aliphatic rings. The predicted molar refractivity (Wildman–Crippen MR) is 113 cm³/mol. The fourth-order valence-corrected chi connectivity index (χ4v) is 3.64. The van der Waals surface area contributed by atoms with Gasteiger partial charge in [0.15, 0.2) is 11.0 Å². The van der Waals surface area contributed by atoms with Crippen molar-refractivity contribution in [2.75, 3.05) is 5.32 Å². The summed E-state index contributed by atoms with van der Waals surface area (Å²) in [6, 6.07) is 13.2. The summed E-state index contributed by atoms with van der Waals surface area (Å²) in [5.74, 6) is 1.39. The first kappa shape index (κ1) is 19.5. The Morgan fingerprint density at radius 1 is 1.24 bits per heavy atom. The lowest BCUT2D eigenvalue weighted by atomic mass is 10.2. The molecule has 29 heavy (non-hydrogen) atoms. The van der Waals surface area contributed by atoms with E-state index in [0.29, 0.717) is 34.6 Å². The van der Waals surface area contributed by atoms with Gasteiger partial charge in [-0.2, -0.15) is 4.98 Å². The van der Waals surface area contributed by atoms with E-state index in [1.54, 1.807) is 12.1 Å². The van der Waals surface area contributed by atoms with Crippen molar-refractivity contribution in [3.05, 3.63) is 64.8 Å². The van der Waals surface area contributed by atoms with E-state index in [0.717, 1.165) is 21.8 Å². The minimum absolute atomic E-state index is 0.133. The first-order valence-electron chi connectivity index (χ1n) is 9.02. The number of halogens is 1. The van der Waals surface area contributed by atoms with Crippen LogP contribution in [-0.2, 0) is 17.0 Å². The Bertz CT molecular complexity index is 1120. The van der Waals surface area contributed by atoms with Gasteiger partial charge in [-0.25, -0.2) is 4.98 Å². The monoisotopic (exact) mass is 427 g/mol. The van der Waals surface area contributed by atoms with Crippen LogP contribution >= 0.6 is 23.4 Å². The molecule has 2 aromatic carbocycles. The SMILES string of the molecule is Cc1ccc(Cl)cc1NC(=O)CCc1nc(CSc2nc3ccccc3[nH]2)no1. The van der Waals surface area contributed by atoms with E-state index in [9.17, 15) is 4.79 Å². The third-order valence-electron chi connectivity index (χ3n) is 4.26. The molecule has 0 saturated carbocycles. The molecule has 4 rings (SSSR count). The Hall–Kier alpha value is -2.84. The summed E-state index contributed by atoms with van der Waals surface area (Å²) in [7, 11) is 0. The zero-order valence-electron chi connectivity index (χ0n) is 15.6. The van der Waals surface area contributed by atoms with Gasteiger partial charge in [0.2, 0.25) is 11.8 Å². The molecular weight excluding hydrogens is 410 g/mol. The zero-order chi connectivity index (χ0) is 20.2. The van der Waals surface area contributed by atoms with Gasteiger partial charge in [0.05, 0.1) is 16.8 Å². The van der Waals surface area contributed by atoms with Crippen molar-refractivity contribution in [2.45, 2.75) is 30.7 Å². The van der Waals surface area contributed by atoms with Gasteiger partial charge < -0.3 is 14.8 Å². The van der Waals surface area contributed by atoms with Crippen LogP contribution in [0.5, 0.6) is 0 Å². The number of aromatic amines is 1. The molecular formula is C20H18ClN5O2S. The van der Waals surface area contributed by atoms with Gasteiger partial charge in [0.25, 0.3) is 0 Å². The van der Waals surface area contributed by atoms with Crippen LogP contribution in [0, 0.1) is 6.92 Å². The molecule has 4 aromatic rings. The minimum Gasteiger partial charge on any atom is -0.339 e. The number of carbonyl (C=O) groups is 1. The number of nitrogens with zero attached hydrogens (tertiary/aromatic N) is 3. The average Bonchev–Trinajstić information content (AvgIpc) is 3.34. The van der Waals surface area contributed by atoms with E-state index in [1.807, 2.05) is 37.3 Å². The first-order chi connectivity index (χ1) is 14.1. The third kappa shape index (κ3) is 4.96. The highest BCUT2D eigenvalue weighted by Crippen LogP contribution is 2.22. The highest BCUT2D eigenvalue weighted by molar-refractivity contribution is 7.98. The Morgan fingerprint density at radius 3 is 2.97 bits per heavy atom. The number of hydrogen-bond donors (Lipinski definition) is 2. The fourth-order valence-electron chi connectivity index (χ4n) is 2.74. The maximum Gasteiger partial charge on any atom is 0.227 e. The Morgan fingerprint density at radius 2 is 2.10 bits per heavy atom. The normalized spacial score (nSPS) is 11.1. The van der Waals surface area contributed by atoms with Gasteiger partial charge in [0, 0.05) is 23.6 Å². The molecule has 9 heteroatoms. The molecule has 7 nitrogen and oxygen atoms in total. The maximum atomic E-state index is 12.2. The molecule has 0 bridgehead atoms. The van der Waals surface area contributed by atoms with E-state index in [4.69, 9.17) is 16.1 Å². The van der Waals surface area contributed by atoms with Gasteiger partial charge in [-0.3, -0.25) is 4.79 Å². The quantitative estimate of drug-likeness (QED) is 0.412. The number of thioether (sulfide) groups is 1. The summed E-state index contributed by atoms with van der Waals surface area (Å²) in [6.45, 7) is 1.91. The van der Waals surface area contributed by atoms with Crippen LogP contribution in [0.15, 0.2) is 52.1 Å². The standard InChI is InChI=1S/C20H18ClN5O2S/c1-12-6-7-13(21)10-16(12)22-18(27)8-9-19-25-17(26-28-19)11-29-20-23-14-4-2-3-5-15(14)24-20/h2-7,10H,8-9,11H2,1H3,(H,22,27)(H,23,24). The van der Waals surface area contributed by atoms with Crippen molar-refractivity contribution in [1.82, 2.24) is 20.1 Å². The minimum atomic E-state index is -0.133. The number of H-pyrrole nitrogens is 1. The summed E-state index contributed by atoms with van der Waals surface area (Å²) < 4.78 is 5.25. The number of hydrogen-bond acceptors (Lipinski definition) is 6. The number of anilines is 1. The highest BCUT2D eigenvalue weighted by Gasteiger charge is 2.12. The molecule has 2 aromatic heterocycles. The summed E-state index contributed by atoms with van der Waals surface area (Å²) >= 11 is 7.48.